The topological polar surface area (TPSA) is 95.9 Å². The lowest BCUT2D eigenvalue weighted by Crippen LogP contribution is -2.45. The Morgan fingerprint density at radius 2 is 0.618 bits per heavy atom. The second-order valence-corrected chi connectivity index (χ2v) is 24.2. The third-order valence-corrected chi connectivity index (χ3v) is 16.6. The van der Waals surface area contributed by atoms with Crippen LogP contribution >= 0.6 is 0 Å². The first-order valence-corrected chi connectivity index (χ1v) is 34.9. The molecule has 1 amide bonds. The number of aliphatic hydroxyl groups excluding tert-OH is 2. The summed E-state index contributed by atoms with van der Waals surface area (Å²) in [5.74, 6) is -0.0276. The van der Waals surface area contributed by atoms with Gasteiger partial charge in [-0.3, -0.25) is 9.59 Å². The first-order chi connectivity index (χ1) is 37.5. The van der Waals surface area contributed by atoms with Crippen LogP contribution in [0.25, 0.3) is 0 Å². The van der Waals surface area contributed by atoms with E-state index in [0.717, 1.165) is 38.5 Å². The number of esters is 1. The van der Waals surface area contributed by atoms with E-state index in [2.05, 4.69) is 31.3 Å². The molecule has 2 atom stereocenters. The highest BCUT2D eigenvalue weighted by Gasteiger charge is 2.20. The van der Waals surface area contributed by atoms with Gasteiger partial charge in [-0.05, 0) is 51.4 Å². The fourth-order valence-corrected chi connectivity index (χ4v) is 11.2. The average Bonchev–Trinajstić information content (AvgIpc) is 3.42. The Labute approximate surface area is 476 Å². The molecule has 0 aliphatic rings. The summed E-state index contributed by atoms with van der Waals surface area (Å²) in [6, 6.07) is -0.549. The molecule has 0 aromatic rings. The van der Waals surface area contributed by atoms with Gasteiger partial charge in [0.25, 0.3) is 0 Å². The molecule has 0 heterocycles. The molecule has 6 nitrogen and oxygen atoms in total. The number of carbonyl (C=O) groups excluding carboxylic acids is 2. The first-order valence-electron chi connectivity index (χ1n) is 34.9. The van der Waals surface area contributed by atoms with Gasteiger partial charge in [0, 0.05) is 12.8 Å². The maximum atomic E-state index is 12.5. The Hall–Kier alpha value is -1.40. The SMILES string of the molecule is CCCCCCCCCCCCCCCCCCCCCCCCCC(O)C(CO)NC(=O)CCCCCCCCC/C=C\CCCCCCCCCCCOC(=O)CCCCCCCCCCCCCCCCCC. The monoisotopic (exact) mass is 1070 g/mol. The molecule has 0 aliphatic carbocycles. The number of nitrogens with one attached hydrogen (secondary N) is 1. The maximum absolute atomic E-state index is 12.5. The molecule has 0 aromatic heterocycles. The number of hydrogen-bond donors (Lipinski definition) is 3. The van der Waals surface area contributed by atoms with Crippen LogP contribution < -0.4 is 5.32 Å². The van der Waals surface area contributed by atoms with Gasteiger partial charge in [0.2, 0.25) is 5.91 Å². The van der Waals surface area contributed by atoms with E-state index in [1.807, 2.05) is 0 Å². The highest BCUT2D eigenvalue weighted by molar-refractivity contribution is 5.76. The number of amides is 1. The Morgan fingerprint density at radius 3 is 0.934 bits per heavy atom. The summed E-state index contributed by atoms with van der Waals surface area (Å²) in [6.45, 7) is 4.99. The van der Waals surface area contributed by atoms with Gasteiger partial charge in [0.05, 0.1) is 25.4 Å². The average molecular weight is 1070 g/mol. The molecule has 3 N–H and O–H groups in total. The van der Waals surface area contributed by atoms with Crippen molar-refractivity contribution < 1.29 is 24.5 Å². The Morgan fingerprint density at radius 1 is 0.355 bits per heavy atom. The van der Waals surface area contributed by atoms with E-state index in [-0.39, 0.29) is 18.5 Å². The van der Waals surface area contributed by atoms with Gasteiger partial charge in [-0.2, -0.15) is 0 Å². The van der Waals surface area contributed by atoms with E-state index in [1.165, 1.54) is 327 Å². The number of hydrogen-bond acceptors (Lipinski definition) is 5. The van der Waals surface area contributed by atoms with E-state index in [0.29, 0.717) is 25.9 Å². The normalized spacial score (nSPS) is 12.5. The van der Waals surface area contributed by atoms with Crippen molar-refractivity contribution in [1.82, 2.24) is 5.32 Å². The Kier molecular flexibility index (Phi) is 64.9. The summed E-state index contributed by atoms with van der Waals surface area (Å²) in [5.41, 5.74) is 0. The van der Waals surface area contributed by atoms with Crippen molar-refractivity contribution in [2.24, 2.45) is 0 Å². The van der Waals surface area contributed by atoms with Crippen LogP contribution in [0, 0.1) is 0 Å². The van der Waals surface area contributed by atoms with E-state index >= 15 is 0 Å². The van der Waals surface area contributed by atoms with Gasteiger partial charge in [0.15, 0.2) is 0 Å². The van der Waals surface area contributed by atoms with Crippen LogP contribution in [-0.2, 0) is 14.3 Å². The van der Waals surface area contributed by atoms with Crippen LogP contribution in [0.5, 0.6) is 0 Å². The van der Waals surface area contributed by atoms with E-state index in [4.69, 9.17) is 4.74 Å². The summed E-state index contributed by atoms with van der Waals surface area (Å²) in [7, 11) is 0. The van der Waals surface area contributed by atoms with Crippen LogP contribution in [0.4, 0.5) is 0 Å². The number of allylic oxidation sites excluding steroid dienone is 2. The van der Waals surface area contributed by atoms with Crippen molar-refractivity contribution in [2.75, 3.05) is 13.2 Å². The van der Waals surface area contributed by atoms with Crippen molar-refractivity contribution in [3.63, 3.8) is 0 Å². The standard InChI is InChI=1S/C70H137NO5/c1-3-5-7-9-11-13-15-17-19-21-22-23-24-25-28-31-34-38-42-46-50-54-58-62-68(73)67(66-72)71-69(74)63-59-55-51-47-43-39-35-32-29-26-27-30-33-37-41-45-49-53-57-61-65-76-70(75)64-60-56-52-48-44-40-36-20-18-16-14-12-10-8-6-4-2/h26,29,67-68,72-73H,3-25,27-28,30-66H2,1-2H3,(H,71,74)/b29-26-. The number of unbranched alkanes of at least 4 members (excludes halogenated alkanes) is 53. The largest absolute Gasteiger partial charge is 0.466 e. The predicted octanol–water partition coefficient (Wildman–Crippen LogP) is 22.4. The molecule has 452 valence electrons. The molecular formula is C70H137NO5. The molecule has 0 saturated heterocycles. The smallest absolute Gasteiger partial charge is 0.305 e. The quantitative estimate of drug-likeness (QED) is 0.0320. The van der Waals surface area contributed by atoms with E-state index < -0.39 is 12.1 Å². The Balaban J connectivity index is 3.41. The summed E-state index contributed by atoms with van der Waals surface area (Å²) < 4.78 is 5.50. The van der Waals surface area contributed by atoms with E-state index in [1.54, 1.807) is 0 Å². The number of carbonyl (C=O) groups is 2. The predicted molar refractivity (Wildman–Crippen MR) is 333 cm³/mol. The molecule has 76 heavy (non-hydrogen) atoms. The molecule has 0 fully saturated rings. The van der Waals surface area contributed by atoms with Crippen LogP contribution in [0.1, 0.15) is 399 Å². The fourth-order valence-electron chi connectivity index (χ4n) is 11.2. The van der Waals surface area contributed by atoms with Gasteiger partial charge < -0.3 is 20.3 Å². The second-order valence-electron chi connectivity index (χ2n) is 24.2. The van der Waals surface area contributed by atoms with E-state index in [9.17, 15) is 19.8 Å². The highest BCUT2D eigenvalue weighted by atomic mass is 16.5. The maximum Gasteiger partial charge on any atom is 0.305 e. The summed E-state index contributed by atoms with van der Waals surface area (Å²) in [5, 5.41) is 23.4. The van der Waals surface area contributed by atoms with Crippen molar-refractivity contribution in [3.8, 4) is 0 Å². The zero-order valence-corrected chi connectivity index (χ0v) is 51.8. The number of ether oxygens (including phenoxy) is 1. The summed E-state index contributed by atoms with van der Waals surface area (Å²) in [6.07, 6.45) is 81.0. The molecule has 0 spiro atoms. The zero-order chi connectivity index (χ0) is 55.0. The minimum Gasteiger partial charge on any atom is -0.466 e. The minimum atomic E-state index is -0.671. The zero-order valence-electron chi connectivity index (χ0n) is 51.8. The first kappa shape index (κ1) is 74.6. The molecule has 0 radical (unpaired) electrons. The minimum absolute atomic E-state index is 0.0110. The van der Waals surface area contributed by atoms with Gasteiger partial charge in [-0.25, -0.2) is 0 Å². The third kappa shape index (κ3) is 61.8. The molecule has 0 bridgehead atoms. The van der Waals surface area contributed by atoms with Gasteiger partial charge in [0.1, 0.15) is 0 Å². The van der Waals surface area contributed by atoms with Crippen molar-refractivity contribution in [1.29, 1.82) is 0 Å². The van der Waals surface area contributed by atoms with Crippen molar-refractivity contribution in [2.45, 2.75) is 411 Å². The molecule has 2 unspecified atom stereocenters. The fraction of sp³-hybridized carbons (Fsp3) is 0.943. The lowest BCUT2D eigenvalue weighted by atomic mass is 10.0. The lowest BCUT2D eigenvalue weighted by Gasteiger charge is -2.22. The van der Waals surface area contributed by atoms with Crippen LogP contribution in [0.15, 0.2) is 12.2 Å². The van der Waals surface area contributed by atoms with Gasteiger partial charge in [-0.15, -0.1) is 0 Å². The summed E-state index contributed by atoms with van der Waals surface area (Å²) >= 11 is 0. The van der Waals surface area contributed by atoms with Gasteiger partial charge in [-0.1, -0.05) is 347 Å². The molecule has 0 rings (SSSR count). The number of aliphatic hydroxyl groups is 2. The van der Waals surface area contributed by atoms with Gasteiger partial charge >= 0.3 is 5.97 Å². The summed E-state index contributed by atoms with van der Waals surface area (Å²) in [4.78, 5) is 24.6. The third-order valence-electron chi connectivity index (χ3n) is 16.6. The molecule has 6 heteroatoms. The molecule has 0 aromatic carbocycles. The number of rotatable bonds is 66. The Bertz CT molecular complexity index is 1140. The van der Waals surface area contributed by atoms with Crippen LogP contribution in [-0.4, -0.2) is 47.4 Å². The highest BCUT2D eigenvalue weighted by Crippen LogP contribution is 2.19. The van der Waals surface area contributed by atoms with Crippen molar-refractivity contribution >= 4 is 11.9 Å². The second kappa shape index (κ2) is 66.1. The van der Waals surface area contributed by atoms with Crippen molar-refractivity contribution in [3.05, 3.63) is 12.2 Å². The molecule has 0 aliphatic heterocycles. The lowest BCUT2D eigenvalue weighted by molar-refractivity contribution is -0.143. The van der Waals surface area contributed by atoms with Crippen LogP contribution in [0.3, 0.4) is 0 Å². The van der Waals surface area contributed by atoms with Crippen LogP contribution in [0.2, 0.25) is 0 Å². The molecular weight excluding hydrogens is 935 g/mol. The molecule has 0 saturated carbocycles.